The standard InChI is InChI=1S/C16H22N6OS.2ClH/c1-21-7-6-18-15(21)12-9-17-5-8-22(12)10-14(23)20-16-19-11-3-2-4-13(11)24-16;;/h6-7,12,17H,2-5,8-10H2,1H3,(H,19,20,23);2*1H. The van der Waals surface area contributed by atoms with E-state index in [0.29, 0.717) is 6.54 Å². The molecular weight excluding hydrogens is 395 g/mol. The van der Waals surface area contributed by atoms with Crippen LogP contribution in [0.5, 0.6) is 0 Å². The van der Waals surface area contributed by atoms with Gasteiger partial charge in [0.25, 0.3) is 0 Å². The molecule has 1 aliphatic carbocycles. The molecule has 1 fully saturated rings. The van der Waals surface area contributed by atoms with E-state index in [-0.39, 0.29) is 36.8 Å². The molecule has 1 atom stereocenters. The maximum Gasteiger partial charge on any atom is 0.240 e. The van der Waals surface area contributed by atoms with Gasteiger partial charge in [-0.25, -0.2) is 9.97 Å². The number of hydrogen-bond donors (Lipinski definition) is 2. The largest absolute Gasteiger partial charge is 0.337 e. The molecule has 2 N–H and O–H groups in total. The van der Waals surface area contributed by atoms with Gasteiger partial charge in [-0.3, -0.25) is 9.69 Å². The first kappa shape index (κ1) is 21.1. The van der Waals surface area contributed by atoms with E-state index < -0.39 is 0 Å². The van der Waals surface area contributed by atoms with Crippen LogP contribution in [0.4, 0.5) is 5.13 Å². The highest BCUT2D eigenvalue weighted by atomic mass is 35.5. The number of aryl methyl sites for hydroxylation is 3. The summed E-state index contributed by atoms with van der Waals surface area (Å²) in [5.74, 6) is 0.992. The molecule has 2 aromatic rings. The number of anilines is 1. The lowest BCUT2D eigenvalue weighted by Gasteiger charge is -2.35. The molecule has 4 rings (SSSR count). The Bertz CT molecular complexity index is 727. The van der Waals surface area contributed by atoms with Crippen LogP contribution in [0.2, 0.25) is 0 Å². The highest BCUT2D eigenvalue weighted by Crippen LogP contribution is 2.30. The molecule has 0 spiro atoms. The van der Waals surface area contributed by atoms with Crippen molar-refractivity contribution in [3.8, 4) is 0 Å². The molecular formula is C16H24Cl2N6OS. The highest BCUT2D eigenvalue weighted by molar-refractivity contribution is 7.15. The number of hydrogen-bond acceptors (Lipinski definition) is 6. The van der Waals surface area contributed by atoms with E-state index >= 15 is 0 Å². The molecule has 0 aromatic carbocycles. The smallest absolute Gasteiger partial charge is 0.240 e. The van der Waals surface area contributed by atoms with E-state index in [1.807, 2.05) is 17.8 Å². The number of rotatable bonds is 4. The average Bonchev–Trinajstić information content (AvgIpc) is 3.24. The van der Waals surface area contributed by atoms with Crippen LogP contribution in [0.15, 0.2) is 12.4 Å². The fourth-order valence-corrected chi connectivity index (χ4v) is 4.54. The van der Waals surface area contributed by atoms with Crippen LogP contribution in [-0.4, -0.2) is 51.5 Å². The molecule has 0 bridgehead atoms. The number of halogens is 2. The number of nitrogens with zero attached hydrogens (tertiary/aromatic N) is 4. The zero-order valence-electron chi connectivity index (χ0n) is 14.6. The van der Waals surface area contributed by atoms with Crippen molar-refractivity contribution in [2.75, 3.05) is 31.5 Å². The summed E-state index contributed by atoms with van der Waals surface area (Å²) < 4.78 is 2.02. The molecule has 26 heavy (non-hydrogen) atoms. The molecule has 1 amide bonds. The van der Waals surface area contributed by atoms with Crippen LogP contribution in [0.3, 0.4) is 0 Å². The normalized spacial score (nSPS) is 19.3. The van der Waals surface area contributed by atoms with Crippen LogP contribution in [-0.2, 0) is 24.7 Å². The zero-order valence-corrected chi connectivity index (χ0v) is 17.1. The molecule has 0 saturated carbocycles. The number of imidazole rings is 1. The Balaban J connectivity index is 0.00000121. The van der Waals surface area contributed by atoms with Crippen molar-refractivity contribution >= 4 is 47.2 Å². The Kier molecular flexibility index (Phi) is 7.42. The Labute approximate surface area is 169 Å². The highest BCUT2D eigenvalue weighted by Gasteiger charge is 2.28. The van der Waals surface area contributed by atoms with Crippen molar-refractivity contribution in [1.82, 2.24) is 24.8 Å². The summed E-state index contributed by atoms with van der Waals surface area (Å²) in [6.07, 6.45) is 7.08. The van der Waals surface area contributed by atoms with E-state index in [2.05, 4.69) is 25.5 Å². The van der Waals surface area contributed by atoms with E-state index in [1.54, 1.807) is 17.5 Å². The molecule has 7 nitrogen and oxygen atoms in total. The monoisotopic (exact) mass is 418 g/mol. The summed E-state index contributed by atoms with van der Waals surface area (Å²) >= 11 is 1.62. The van der Waals surface area contributed by atoms with E-state index in [1.165, 1.54) is 17.0 Å². The van der Waals surface area contributed by atoms with Crippen molar-refractivity contribution in [3.63, 3.8) is 0 Å². The topological polar surface area (TPSA) is 75.1 Å². The van der Waals surface area contributed by atoms with Crippen LogP contribution >= 0.6 is 36.2 Å². The van der Waals surface area contributed by atoms with Crippen LogP contribution in [0.25, 0.3) is 0 Å². The number of nitrogens with one attached hydrogen (secondary N) is 2. The number of amides is 1. The van der Waals surface area contributed by atoms with Crippen molar-refractivity contribution in [1.29, 1.82) is 0 Å². The molecule has 1 unspecified atom stereocenters. The number of thiazole rings is 1. The Hall–Kier alpha value is -1.19. The zero-order chi connectivity index (χ0) is 16.5. The second-order valence-corrected chi connectivity index (χ2v) is 7.46. The van der Waals surface area contributed by atoms with Crippen molar-refractivity contribution < 1.29 is 4.79 Å². The van der Waals surface area contributed by atoms with Gasteiger partial charge in [0.1, 0.15) is 5.82 Å². The van der Waals surface area contributed by atoms with Gasteiger partial charge >= 0.3 is 0 Å². The number of fused-ring (bicyclic) bond motifs is 1. The fraction of sp³-hybridized carbons (Fsp3) is 0.562. The quantitative estimate of drug-likeness (QED) is 0.791. The Morgan fingerprint density at radius 2 is 2.27 bits per heavy atom. The molecule has 0 radical (unpaired) electrons. The molecule has 10 heteroatoms. The maximum absolute atomic E-state index is 12.5. The summed E-state index contributed by atoms with van der Waals surface area (Å²) in [5, 5.41) is 7.11. The van der Waals surface area contributed by atoms with Gasteiger partial charge in [0.2, 0.25) is 5.91 Å². The van der Waals surface area contributed by atoms with Gasteiger partial charge in [0.05, 0.1) is 18.3 Å². The molecule has 2 aliphatic rings. The van der Waals surface area contributed by atoms with Gasteiger partial charge in [-0.2, -0.15) is 0 Å². The predicted octanol–water partition coefficient (Wildman–Crippen LogP) is 1.79. The van der Waals surface area contributed by atoms with E-state index in [0.717, 1.165) is 43.4 Å². The van der Waals surface area contributed by atoms with Gasteiger partial charge in [0, 0.05) is 44.0 Å². The molecule has 144 valence electrons. The van der Waals surface area contributed by atoms with Crippen molar-refractivity contribution in [2.45, 2.75) is 25.3 Å². The Morgan fingerprint density at radius 1 is 1.42 bits per heavy atom. The molecule has 2 aromatic heterocycles. The van der Waals surface area contributed by atoms with Gasteiger partial charge in [-0.15, -0.1) is 36.2 Å². The minimum atomic E-state index is 0. The first-order valence-corrected chi connectivity index (χ1v) is 9.23. The minimum absolute atomic E-state index is 0. The van der Waals surface area contributed by atoms with Crippen LogP contribution in [0, 0.1) is 0 Å². The van der Waals surface area contributed by atoms with Gasteiger partial charge in [-0.05, 0) is 19.3 Å². The first-order chi connectivity index (χ1) is 11.7. The number of aromatic nitrogens is 3. The maximum atomic E-state index is 12.5. The van der Waals surface area contributed by atoms with Gasteiger partial charge in [0.15, 0.2) is 5.13 Å². The third-order valence-electron chi connectivity index (χ3n) is 4.70. The summed E-state index contributed by atoms with van der Waals surface area (Å²) in [7, 11) is 1.99. The molecule has 1 aliphatic heterocycles. The SMILES string of the molecule is Cl.Cl.Cn1ccnc1C1CNCCN1CC(=O)Nc1nc2c(s1)CCC2. The van der Waals surface area contributed by atoms with Crippen LogP contribution < -0.4 is 10.6 Å². The predicted molar refractivity (Wildman–Crippen MR) is 108 cm³/mol. The van der Waals surface area contributed by atoms with Crippen molar-refractivity contribution in [2.24, 2.45) is 7.05 Å². The fourth-order valence-electron chi connectivity index (χ4n) is 3.48. The second kappa shape index (κ2) is 9.14. The lowest BCUT2D eigenvalue weighted by molar-refractivity contribution is -0.118. The summed E-state index contributed by atoms with van der Waals surface area (Å²) in [6, 6.07) is 0.116. The van der Waals surface area contributed by atoms with Crippen molar-refractivity contribution in [3.05, 3.63) is 28.8 Å². The summed E-state index contributed by atoms with van der Waals surface area (Å²) in [4.78, 5) is 25.0. The summed E-state index contributed by atoms with van der Waals surface area (Å²) in [5.41, 5.74) is 1.17. The van der Waals surface area contributed by atoms with Gasteiger partial charge in [-0.1, -0.05) is 0 Å². The van der Waals surface area contributed by atoms with E-state index in [4.69, 9.17) is 0 Å². The molecule has 1 saturated heterocycles. The minimum Gasteiger partial charge on any atom is -0.337 e. The van der Waals surface area contributed by atoms with E-state index in [9.17, 15) is 4.79 Å². The number of carbonyl (C=O) groups is 1. The van der Waals surface area contributed by atoms with Gasteiger partial charge < -0.3 is 15.2 Å². The number of carbonyl (C=O) groups excluding carboxylic acids is 1. The number of piperazine rings is 1. The Morgan fingerprint density at radius 3 is 3.00 bits per heavy atom. The third-order valence-corrected chi connectivity index (χ3v) is 5.77. The lowest BCUT2D eigenvalue weighted by atomic mass is 10.1. The third kappa shape index (κ3) is 4.37. The lowest BCUT2D eigenvalue weighted by Crippen LogP contribution is -2.49. The average molecular weight is 419 g/mol. The summed E-state index contributed by atoms with van der Waals surface area (Å²) in [6.45, 7) is 2.90. The molecule has 3 heterocycles. The second-order valence-electron chi connectivity index (χ2n) is 6.38. The first-order valence-electron chi connectivity index (χ1n) is 8.41. The van der Waals surface area contributed by atoms with Crippen LogP contribution in [0.1, 0.15) is 28.9 Å².